The van der Waals surface area contributed by atoms with Crippen molar-refractivity contribution in [2.24, 2.45) is 4.99 Å². The number of nitrogens with zero attached hydrogens (tertiary/aromatic N) is 1. The third kappa shape index (κ3) is 5.84. The van der Waals surface area contributed by atoms with Crippen LogP contribution >= 0.6 is 0 Å². The van der Waals surface area contributed by atoms with Crippen LogP contribution in [-0.4, -0.2) is 5.71 Å². The van der Waals surface area contributed by atoms with Gasteiger partial charge in [0, 0.05) is 11.9 Å². The van der Waals surface area contributed by atoms with E-state index in [1.807, 2.05) is 20.0 Å². The van der Waals surface area contributed by atoms with Crippen LogP contribution in [0.25, 0.3) is 0 Å². The predicted octanol–water partition coefficient (Wildman–Crippen LogP) is 3.56. The van der Waals surface area contributed by atoms with Crippen LogP contribution in [0.3, 0.4) is 0 Å². The lowest BCUT2D eigenvalue weighted by Gasteiger charge is -1.98. The maximum Gasteiger partial charge on any atom is 0.0258 e. The lowest BCUT2D eigenvalue weighted by atomic mass is 10.1. The molecule has 0 saturated carbocycles. The second-order valence-electron chi connectivity index (χ2n) is 2.97. The van der Waals surface area contributed by atoms with Gasteiger partial charge < -0.3 is 0 Å². The smallest absolute Gasteiger partial charge is 0.0258 e. The second kappa shape index (κ2) is 6.14. The van der Waals surface area contributed by atoms with E-state index in [0.29, 0.717) is 0 Å². The zero-order valence-electron chi connectivity index (χ0n) is 8.15. The third-order valence-electron chi connectivity index (χ3n) is 1.53. The molecule has 0 N–H and O–H groups in total. The number of hydrogen-bond acceptors (Lipinski definition) is 1. The summed E-state index contributed by atoms with van der Waals surface area (Å²) in [5.74, 6) is 0. The van der Waals surface area contributed by atoms with Crippen LogP contribution in [0.5, 0.6) is 0 Å². The standard InChI is InChI=1S/C10H19N/c1-5-7-10(6-2)8-11-9(3)4/h8H,5-7H2,1-4H3/b10-8-. The highest BCUT2D eigenvalue weighted by Crippen LogP contribution is 2.08. The normalized spacial score (nSPS) is 11.5. The Bertz CT molecular complexity index is 150. The maximum absolute atomic E-state index is 4.27. The first-order valence-electron chi connectivity index (χ1n) is 4.39. The highest BCUT2D eigenvalue weighted by Gasteiger charge is 1.89. The van der Waals surface area contributed by atoms with Crippen LogP contribution in [0.1, 0.15) is 47.0 Å². The van der Waals surface area contributed by atoms with Gasteiger partial charge in [0.2, 0.25) is 0 Å². The Labute approximate surface area is 70.2 Å². The molecule has 0 rings (SSSR count). The summed E-state index contributed by atoms with van der Waals surface area (Å²) in [6, 6.07) is 0. The molecule has 0 amide bonds. The first-order chi connectivity index (χ1) is 5.20. The van der Waals surface area contributed by atoms with Gasteiger partial charge in [0.1, 0.15) is 0 Å². The lowest BCUT2D eigenvalue weighted by molar-refractivity contribution is 0.854. The molecule has 0 aliphatic rings. The molecule has 1 heteroatoms. The lowest BCUT2D eigenvalue weighted by Crippen LogP contribution is -1.82. The minimum absolute atomic E-state index is 1.13. The summed E-state index contributed by atoms with van der Waals surface area (Å²) in [6.07, 6.45) is 5.55. The molecule has 0 aromatic carbocycles. The van der Waals surface area contributed by atoms with E-state index < -0.39 is 0 Å². The van der Waals surface area contributed by atoms with Crippen LogP contribution < -0.4 is 0 Å². The molecule has 0 bridgehead atoms. The molecule has 0 spiro atoms. The fourth-order valence-corrected chi connectivity index (χ4v) is 0.874. The van der Waals surface area contributed by atoms with Crippen LogP contribution in [0.15, 0.2) is 16.8 Å². The molecule has 0 aromatic rings. The van der Waals surface area contributed by atoms with Gasteiger partial charge in [-0.25, -0.2) is 0 Å². The van der Waals surface area contributed by atoms with E-state index in [0.717, 1.165) is 12.1 Å². The van der Waals surface area contributed by atoms with Crippen LogP contribution in [0, 0.1) is 0 Å². The van der Waals surface area contributed by atoms with Crippen molar-refractivity contribution in [2.75, 3.05) is 0 Å². The van der Waals surface area contributed by atoms with Crippen molar-refractivity contribution in [3.8, 4) is 0 Å². The summed E-state index contributed by atoms with van der Waals surface area (Å²) in [5.41, 5.74) is 2.58. The van der Waals surface area contributed by atoms with E-state index in [1.165, 1.54) is 18.4 Å². The molecule has 0 radical (unpaired) electrons. The molecule has 0 aromatic heterocycles. The van der Waals surface area contributed by atoms with Crippen LogP contribution in [0.4, 0.5) is 0 Å². The quantitative estimate of drug-likeness (QED) is 0.547. The molecule has 0 fully saturated rings. The Hall–Kier alpha value is -0.590. The van der Waals surface area contributed by atoms with E-state index >= 15 is 0 Å². The molecule has 0 unspecified atom stereocenters. The largest absolute Gasteiger partial charge is 0.266 e. The fourth-order valence-electron chi connectivity index (χ4n) is 0.874. The minimum Gasteiger partial charge on any atom is -0.266 e. The van der Waals surface area contributed by atoms with E-state index in [-0.39, 0.29) is 0 Å². The molecular weight excluding hydrogens is 134 g/mol. The van der Waals surface area contributed by atoms with Crippen LogP contribution in [-0.2, 0) is 0 Å². The van der Waals surface area contributed by atoms with E-state index in [2.05, 4.69) is 18.8 Å². The SMILES string of the molecule is CCC/C(=C\N=C(C)C)CC. The molecule has 64 valence electrons. The Morgan fingerprint density at radius 2 is 1.91 bits per heavy atom. The van der Waals surface area contributed by atoms with Gasteiger partial charge in [0.15, 0.2) is 0 Å². The Morgan fingerprint density at radius 3 is 2.27 bits per heavy atom. The number of allylic oxidation sites excluding steroid dienone is 1. The molecular formula is C10H19N. The van der Waals surface area contributed by atoms with Gasteiger partial charge in [-0.2, -0.15) is 0 Å². The van der Waals surface area contributed by atoms with Crippen molar-refractivity contribution < 1.29 is 0 Å². The van der Waals surface area contributed by atoms with Gasteiger partial charge in [0.25, 0.3) is 0 Å². The topological polar surface area (TPSA) is 12.4 Å². The van der Waals surface area contributed by atoms with Crippen molar-refractivity contribution in [2.45, 2.75) is 47.0 Å². The highest BCUT2D eigenvalue weighted by atomic mass is 14.7. The molecule has 11 heavy (non-hydrogen) atoms. The Kier molecular flexibility index (Phi) is 5.81. The fraction of sp³-hybridized carbons (Fsp3) is 0.700. The molecule has 0 aliphatic carbocycles. The second-order valence-corrected chi connectivity index (χ2v) is 2.97. The van der Waals surface area contributed by atoms with Gasteiger partial charge in [-0.3, -0.25) is 4.99 Å². The first-order valence-corrected chi connectivity index (χ1v) is 4.39. The molecule has 0 saturated heterocycles. The van der Waals surface area contributed by atoms with Crippen LogP contribution in [0.2, 0.25) is 0 Å². The molecule has 0 heterocycles. The van der Waals surface area contributed by atoms with E-state index in [4.69, 9.17) is 0 Å². The zero-order chi connectivity index (χ0) is 8.69. The highest BCUT2D eigenvalue weighted by molar-refractivity contribution is 5.79. The van der Waals surface area contributed by atoms with Gasteiger partial charge in [-0.05, 0) is 26.7 Å². The Balaban J connectivity index is 4.00. The molecule has 0 atom stereocenters. The number of aliphatic imine (C=N–C) groups is 1. The van der Waals surface area contributed by atoms with Gasteiger partial charge >= 0.3 is 0 Å². The third-order valence-corrected chi connectivity index (χ3v) is 1.53. The van der Waals surface area contributed by atoms with Crippen molar-refractivity contribution in [3.05, 3.63) is 11.8 Å². The van der Waals surface area contributed by atoms with Gasteiger partial charge in [-0.15, -0.1) is 0 Å². The summed E-state index contributed by atoms with van der Waals surface area (Å²) in [5, 5.41) is 0. The summed E-state index contributed by atoms with van der Waals surface area (Å²) < 4.78 is 0. The van der Waals surface area contributed by atoms with Crippen molar-refractivity contribution in [1.82, 2.24) is 0 Å². The molecule has 0 aliphatic heterocycles. The predicted molar refractivity (Wildman–Crippen MR) is 52.1 cm³/mol. The van der Waals surface area contributed by atoms with E-state index in [1.54, 1.807) is 0 Å². The summed E-state index contributed by atoms with van der Waals surface area (Å²) in [6.45, 7) is 8.43. The summed E-state index contributed by atoms with van der Waals surface area (Å²) in [7, 11) is 0. The van der Waals surface area contributed by atoms with Gasteiger partial charge in [-0.1, -0.05) is 25.8 Å². The molecule has 1 nitrogen and oxygen atoms in total. The average molecular weight is 153 g/mol. The zero-order valence-corrected chi connectivity index (χ0v) is 8.15. The Morgan fingerprint density at radius 1 is 1.27 bits per heavy atom. The summed E-state index contributed by atoms with van der Waals surface area (Å²) >= 11 is 0. The van der Waals surface area contributed by atoms with Crippen molar-refractivity contribution >= 4 is 5.71 Å². The van der Waals surface area contributed by atoms with Crippen molar-refractivity contribution in [1.29, 1.82) is 0 Å². The number of hydrogen-bond donors (Lipinski definition) is 0. The monoisotopic (exact) mass is 153 g/mol. The maximum atomic E-state index is 4.27. The first kappa shape index (κ1) is 10.4. The average Bonchev–Trinajstić information content (AvgIpc) is 1.97. The minimum atomic E-state index is 1.13. The summed E-state index contributed by atoms with van der Waals surface area (Å²) in [4.78, 5) is 4.27. The van der Waals surface area contributed by atoms with E-state index in [9.17, 15) is 0 Å². The number of rotatable bonds is 4. The van der Waals surface area contributed by atoms with Crippen molar-refractivity contribution in [3.63, 3.8) is 0 Å². The van der Waals surface area contributed by atoms with Gasteiger partial charge in [0.05, 0.1) is 0 Å².